The van der Waals surface area contributed by atoms with E-state index >= 15 is 0 Å². The van der Waals surface area contributed by atoms with Gasteiger partial charge in [-0.05, 0) is 18.4 Å². The van der Waals surface area contributed by atoms with Crippen LogP contribution in [0.25, 0.3) is 0 Å². The van der Waals surface area contributed by atoms with Crippen LogP contribution in [0.15, 0.2) is 12.1 Å². The van der Waals surface area contributed by atoms with Crippen LogP contribution >= 0.6 is 0 Å². The summed E-state index contributed by atoms with van der Waals surface area (Å²) in [7, 11) is 0. The number of nitrogens with zero attached hydrogens (tertiary/aromatic N) is 1. The molecule has 5 nitrogen and oxygen atoms in total. The first-order chi connectivity index (χ1) is 6.59. The number of nitrogens with two attached hydrogens (primary N) is 1. The Labute approximate surface area is 80.3 Å². The first-order valence-electron chi connectivity index (χ1n) is 4.35. The number of aryl methyl sites for hydroxylation is 1. The summed E-state index contributed by atoms with van der Waals surface area (Å²) in [5, 5.41) is 20.0. The van der Waals surface area contributed by atoms with Gasteiger partial charge in [-0.25, -0.2) is 0 Å². The number of aromatic hydroxyl groups is 1. The van der Waals surface area contributed by atoms with Crippen LogP contribution in [-0.2, 0) is 6.42 Å². The van der Waals surface area contributed by atoms with Crippen LogP contribution in [0.1, 0.15) is 23.6 Å². The van der Waals surface area contributed by atoms with Gasteiger partial charge < -0.3 is 10.8 Å². The van der Waals surface area contributed by atoms with Crippen LogP contribution < -0.4 is 5.73 Å². The van der Waals surface area contributed by atoms with Crippen molar-refractivity contribution < 1.29 is 10.0 Å². The lowest BCUT2D eigenvalue weighted by atomic mass is 10.1. The van der Waals surface area contributed by atoms with Crippen LogP contribution in [0, 0.1) is 10.1 Å². The van der Waals surface area contributed by atoms with Crippen molar-refractivity contribution in [3.05, 3.63) is 33.4 Å². The molecule has 0 radical (unpaired) electrons. The second-order valence-corrected chi connectivity index (χ2v) is 3.44. The van der Waals surface area contributed by atoms with Gasteiger partial charge in [-0.3, -0.25) is 10.1 Å². The van der Waals surface area contributed by atoms with E-state index in [1.807, 2.05) is 0 Å². The summed E-state index contributed by atoms with van der Waals surface area (Å²) in [5.74, 6) is -0.0563. The molecule has 0 bridgehead atoms. The van der Waals surface area contributed by atoms with Gasteiger partial charge in [0.1, 0.15) is 5.75 Å². The number of rotatable bonds is 1. The first-order valence-corrected chi connectivity index (χ1v) is 4.35. The number of fused-ring (bicyclic) bond motifs is 1. The van der Waals surface area contributed by atoms with Gasteiger partial charge in [-0.2, -0.15) is 0 Å². The fourth-order valence-electron chi connectivity index (χ4n) is 1.88. The number of nitro groups is 1. The van der Waals surface area contributed by atoms with Crippen molar-refractivity contribution in [1.82, 2.24) is 0 Å². The fourth-order valence-corrected chi connectivity index (χ4v) is 1.88. The highest BCUT2D eigenvalue weighted by atomic mass is 16.6. The molecule has 5 heteroatoms. The average Bonchev–Trinajstić information content (AvgIpc) is 2.48. The average molecular weight is 194 g/mol. The lowest BCUT2D eigenvalue weighted by molar-refractivity contribution is -0.385. The van der Waals surface area contributed by atoms with E-state index in [2.05, 4.69) is 0 Å². The van der Waals surface area contributed by atoms with E-state index in [0.29, 0.717) is 12.0 Å². The third-order valence-electron chi connectivity index (χ3n) is 2.53. The van der Waals surface area contributed by atoms with Gasteiger partial charge in [0.15, 0.2) is 0 Å². The highest BCUT2D eigenvalue weighted by molar-refractivity contribution is 5.52. The van der Waals surface area contributed by atoms with Crippen molar-refractivity contribution >= 4 is 5.69 Å². The molecule has 0 aliphatic heterocycles. The maximum atomic E-state index is 10.5. The Morgan fingerprint density at radius 3 is 2.93 bits per heavy atom. The molecule has 0 heterocycles. The lowest BCUT2D eigenvalue weighted by Crippen LogP contribution is -2.05. The molecule has 0 unspecified atom stereocenters. The van der Waals surface area contributed by atoms with E-state index in [1.54, 1.807) is 0 Å². The Balaban J connectivity index is 2.57. The smallest absolute Gasteiger partial charge is 0.273 e. The lowest BCUT2D eigenvalue weighted by Gasteiger charge is -2.06. The Kier molecular flexibility index (Phi) is 1.89. The number of phenols is 1. The number of phenolic OH excluding ortho intramolecular Hbond substituents is 1. The van der Waals surface area contributed by atoms with E-state index in [4.69, 9.17) is 5.73 Å². The molecule has 3 N–H and O–H groups in total. The third-order valence-corrected chi connectivity index (χ3v) is 2.53. The molecule has 0 spiro atoms. The number of non-ortho nitro benzene ring substituents is 1. The molecule has 1 aromatic rings. The maximum absolute atomic E-state index is 10.5. The molecule has 0 amide bonds. The summed E-state index contributed by atoms with van der Waals surface area (Å²) in [6.45, 7) is 0. The van der Waals surface area contributed by atoms with Gasteiger partial charge >= 0.3 is 0 Å². The van der Waals surface area contributed by atoms with Gasteiger partial charge in [0, 0.05) is 17.7 Å². The van der Waals surface area contributed by atoms with Crippen molar-refractivity contribution in [3.8, 4) is 5.75 Å². The van der Waals surface area contributed by atoms with Crippen LogP contribution in [0.2, 0.25) is 0 Å². The van der Waals surface area contributed by atoms with Crippen molar-refractivity contribution in [2.24, 2.45) is 5.73 Å². The van der Waals surface area contributed by atoms with E-state index in [9.17, 15) is 15.2 Å². The molecule has 1 aliphatic carbocycles. The van der Waals surface area contributed by atoms with Gasteiger partial charge in [-0.1, -0.05) is 0 Å². The molecular formula is C9H10N2O3. The number of nitro benzene ring substituents is 1. The normalized spacial score (nSPS) is 19.4. The van der Waals surface area contributed by atoms with Crippen LogP contribution in [0.4, 0.5) is 5.69 Å². The fraction of sp³-hybridized carbons (Fsp3) is 0.333. The van der Waals surface area contributed by atoms with Gasteiger partial charge in [0.2, 0.25) is 0 Å². The number of hydrogen-bond acceptors (Lipinski definition) is 4. The SMILES string of the molecule is N[C@@H]1CCc2cc([N+](=O)[O-])cc(O)c21. The third kappa shape index (κ3) is 1.22. The predicted molar refractivity (Wildman–Crippen MR) is 50.0 cm³/mol. The quantitative estimate of drug-likeness (QED) is 0.520. The molecule has 0 saturated heterocycles. The molecule has 0 saturated carbocycles. The van der Waals surface area contributed by atoms with Crippen LogP contribution in [-0.4, -0.2) is 10.0 Å². The topological polar surface area (TPSA) is 89.4 Å². The van der Waals surface area contributed by atoms with E-state index < -0.39 is 4.92 Å². The molecule has 2 rings (SSSR count). The van der Waals surface area contributed by atoms with Crippen LogP contribution in [0.5, 0.6) is 5.75 Å². The Morgan fingerprint density at radius 2 is 2.29 bits per heavy atom. The zero-order valence-corrected chi connectivity index (χ0v) is 7.43. The summed E-state index contributed by atoms with van der Waals surface area (Å²) in [5.41, 5.74) is 7.13. The minimum Gasteiger partial charge on any atom is -0.507 e. The summed E-state index contributed by atoms with van der Waals surface area (Å²) < 4.78 is 0. The zero-order valence-electron chi connectivity index (χ0n) is 7.43. The largest absolute Gasteiger partial charge is 0.507 e. The minimum atomic E-state index is -0.510. The second kappa shape index (κ2) is 2.95. The summed E-state index contributed by atoms with van der Waals surface area (Å²) in [4.78, 5) is 9.99. The van der Waals surface area contributed by atoms with Crippen molar-refractivity contribution in [1.29, 1.82) is 0 Å². The summed E-state index contributed by atoms with van der Waals surface area (Å²) in [6.07, 6.45) is 1.44. The predicted octanol–water partition coefficient (Wildman–Crippen LogP) is 1.25. The number of benzene rings is 1. The standard InChI is InChI=1S/C9H10N2O3/c10-7-2-1-5-3-6(11(13)14)4-8(12)9(5)7/h3-4,7,12H,1-2,10H2/t7-/m1/s1. The van der Waals surface area contributed by atoms with Crippen molar-refractivity contribution in [3.63, 3.8) is 0 Å². The van der Waals surface area contributed by atoms with E-state index in [0.717, 1.165) is 18.1 Å². The summed E-state index contributed by atoms with van der Waals surface area (Å²) >= 11 is 0. The zero-order chi connectivity index (χ0) is 10.3. The maximum Gasteiger partial charge on any atom is 0.273 e. The highest BCUT2D eigenvalue weighted by Gasteiger charge is 2.25. The molecule has 0 fully saturated rings. The highest BCUT2D eigenvalue weighted by Crippen LogP contribution is 2.38. The van der Waals surface area contributed by atoms with Crippen LogP contribution in [0.3, 0.4) is 0 Å². The molecule has 1 aliphatic rings. The molecule has 1 atom stereocenters. The van der Waals surface area contributed by atoms with Gasteiger partial charge in [0.25, 0.3) is 5.69 Å². The van der Waals surface area contributed by atoms with Gasteiger partial charge in [-0.15, -0.1) is 0 Å². The van der Waals surface area contributed by atoms with E-state index in [1.165, 1.54) is 6.07 Å². The molecule has 74 valence electrons. The molecule has 1 aromatic carbocycles. The van der Waals surface area contributed by atoms with Crippen molar-refractivity contribution in [2.75, 3.05) is 0 Å². The monoisotopic (exact) mass is 194 g/mol. The first kappa shape index (κ1) is 8.96. The number of hydrogen-bond donors (Lipinski definition) is 2. The summed E-state index contributed by atoms with van der Waals surface area (Å²) in [6, 6.07) is 2.46. The van der Waals surface area contributed by atoms with Gasteiger partial charge in [0.05, 0.1) is 11.0 Å². The second-order valence-electron chi connectivity index (χ2n) is 3.44. The van der Waals surface area contributed by atoms with E-state index in [-0.39, 0.29) is 17.5 Å². The van der Waals surface area contributed by atoms with Crippen molar-refractivity contribution in [2.45, 2.75) is 18.9 Å². The molecule has 0 aromatic heterocycles. The Hall–Kier alpha value is -1.62. The Bertz CT molecular complexity index is 403. The molecular weight excluding hydrogens is 184 g/mol. The Morgan fingerprint density at radius 1 is 1.57 bits per heavy atom. The minimum absolute atomic E-state index is 0.0563. The molecule has 14 heavy (non-hydrogen) atoms.